The zero-order chi connectivity index (χ0) is 28.3. The predicted molar refractivity (Wildman–Crippen MR) is 182 cm³/mol. The van der Waals surface area contributed by atoms with Crippen LogP contribution in [0.1, 0.15) is 6.42 Å². The molecule has 5 aromatic rings. The molecule has 0 aliphatic carbocycles. The smallest absolute Gasteiger partial charge is 0.309 e. The summed E-state index contributed by atoms with van der Waals surface area (Å²) in [5.41, 5.74) is 0. The minimum Gasteiger partial charge on any atom is -0.469 e. The highest BCUT2D eigenvalue weighted by Crippen LogP contribution is 2.66. The van der Waals surface area contributed by atoms with Gasteiger partial charge in [0.1, 0.15) is 0 Å². The molecule has 41 heavy (non-hydrogen) atoms. The van der Waals surface area contributed by atoms with E-state index in [1.54, 1.807) is 0 Å². The Balaban J connectivity index is 1.65. The van der Waals surface area contributed by atoms with Gasteiger partial charge < -0.3 is 4.74 Å². The molecule has 0 radical (unpaired) electrons. The van der Waals surface area contributed by atoms with Crippen LogP contribution in [0.25, 0.3) is 0 Å². The van der Waals surface area contributed by atoms with Crippen LogP contribution in [-0.2, 0) is 9.53 Å². The van der Waals surface area contributed by atoms with Gasteiger partial charge in [0.25, 0.3) is 0 Å². The van der Waals surface area contributed by atoms with E-state index in [2.05, 4.69) is 152 Å². The van der Waals surface area contributed by atoms with Crippen LogP contribution in [-0.4, -0.2) is 31.0 Å². The number of benzene rings is 5. The maximum absolute atomic E-state index is 12.6. The molecular formula is C36H36O2P3+. The third kappa shape index (κ3) is 7.39. The van der Waals surface area contributed by atoms with E-state index in [-0.39, 0.29) is 5.97 Å². The fourth-order valence-electron chi connectivity index (χ4n) is 5.29. The third-order valence-electron chi connectivity index (χ3n) is 7.41. The number of ether oxygens (including phenoxy) is 1. The van der Waals surface area contributed by atoms with Crippen LogP contribution in [0.5, 0.6) is 0 Å². The number of carbonyl (C=O) groups excluding carboxylic acids is 1. The van der Waals surface area contributed by atoms with Crippen molar-refractivity contribution in [2.45, 2.75) is 6.42 Å². The van der Waals surface area contributed by atoms with Crippen molar-refractivity contribution in [1.82, 2.24) is 0 Å². The van der Waals surface area contributed by atoms with Crippen LogP contribution in [0.4, 0.5) is 0 Å². The first kappa shape index (κ1) is 29.4. The van der Waals surface area contributed by atoms with E-state index in [1.807, 2.05) is 0 Å². The van der Waals surface area contributed by atoms with Crippen LogP contribution < -0.4 is 26.5 Å². The zero-order valence-corrected chi connectivity index (χ0v) is 26.1. The van der Waals surface area contributed by atoms with Gasteiger partial charge in [0, 0.05) is 5.90 Å². The standard InChI is InChI=1S/C36H36O2P3/c1-38-36(37)27-28-41(34-23-13-5-14-24-34,35-25-15-6-16-26-35)30-39(31-17-7-2-8-18-31)29-40(32-19-9-3-10-20-32)33-21-11-4-12-22-33/h2-26H,27-30H2,1H3/q+1. The Hall–Kier alpha value is -3.14. The average Bonchev–Trinajstić information content (AvgIpc) is 3.06. The number of hydrogen-bond acceptors (Lipinski definition) is 2. The summed E-state index contributed by atoms with van der Waals surface area (Å²) < 4.78 is 5.17. The second-order valence-electron chi connectivity index (χ2n) is 9.95. The van der Waals surface area contributed by atoms with Crippen molar-refractivity contribution in [3.63, 3.8) is 0 Å². The van der Waals surface area contributed by atoms with Crippen molar-refractivity contribution in [3.8, 4) is 0 Å². The minimum atomic E-state index is -1.99. The number of rotatable bonds is 12. The molecule has 0 fully saturated rings. The topological polar surface area (TPSA) is 26.3 Å². The summed E-state index contributed by atoms with van der Waals surface area (Å²) in [6, 6.07) is 55.1. The molecule has 0 spiro atoms. The Morgan fingerprint density at radius 1 is 0.585 bits per heavy atom. The van der Waals surface area contributed by atoms with Crippen molar-refractivity contribution >= 4 is 55.6 Å². The van der Waals surface area contributed by atoms with Crippen LogP contribution >= 0.6 is 23.1 Å². The average molecular weight is 594 g/mol. The van der Waals surface area contributed by atoms with Crippen LogP contribution in [0.2, 0.25) is 0 Å². The molecule has 0 saturated carbocycles. The van der Waals surface area contributed by atoms with E-state index >= 15 is 0 Å². The summed E-state index contributed by atoms with van der Waals surface area (Å²) in [6.45, 7) is 0. The minimum absolute atomic E-state index is 0.138. The highest BCUT2D eigenvalue weighted by Gasteiger charge is 2.45. The Labute approximate surface area is 247 Å². The molecular weight excluding hydrogens is 557 g/mol. The van der Waals surface area contributed by atoms with Gasteiger partial charge >= 0.3 is 5.97 Å². The summed E-state index contributed by atoms with van der Waals surface area (Å²) in [6.07, 6.45) is 1.21. The summed E-state index contributed by atoms with van der Waals surface area (Å²) in [4.78, 5) is 12.6. The van der Waals surface area contributed by atoms with Crippen molar-refractivity contribution in [2.24, 2.45) is 0 Å². The summed E-state index contributed by atoms with van der Waals surface area (Å²) in [7, 11) is -1.65. The molecule has 1 unspecified atom stereocenters. The molecule has 0 saturated heterocycles. The molecule has 0 aliphatic heterocycles. The number of hydrogen-bond donors (Lipinski definition) is 0. The number of methoxy groups -OCH3 is 1. The van der Waals surface area contributed by atoms with Crippen molar-refractivity contribution in [3.05, 3.63) is 152 Å². The van der Waals surface area contributed by atoms with E-state index in [0.29, 0.717) is 6.42 Å². The largest absolute Gasteiger partial charge is 0.469 e. The SMILES string of the molecule is COC(=O)CC[P+](CP(CP(c1ccccc1)c1ccccc1)c1ccccc1)(c1ccccc1)c1ccccc1. The predicted octanol–water partition coefficient (Wildman–Crippen LogP) is 7.07. The normalized spacial score (nSPS) is 12.1. The first-order valence-electron chi connectivity index (χ1n) is 13.9. The van der Waals surface area contributed by atoms with E-state index < -0.39 is 23.1 Å². The van der Waals surface area contributed by atoms with E-state index in [1.165, 1.54) is 33.6 Å². The van der Waals surface area contributed by atoms with Gasteiger partial charge in [-0.05, 0) is 56.0 Å². The third-order valence-corrected chi connectivity index (χ3v) is 19.6. The maximum Gasteiger partial charge on any atom is 0.309 e. The van der Waals surface area contributed by atoms with Crippen molar-refractivity contribution in [2.75, 3.05) is 25.1 Å². The van der Waals surface area contributed by atoms with E-state index in [0.717, 1.165) is 18.0 Å². The molecule has 5 heteroatoms. The molecule has 0 aliphatic rings. The lowest BCUT2D eigenvalue weighted by Gasteiger charge is -2.33. The lowest BCUT2D eigenvalue weighted by molar-refractivity contribution is -0.140. The summed E-state index contributed by atoms with van der Waals surface area (Å²) in [5.74, 6) is 2.01. The van der Waals surface area contributed by atoms with Crippen molar-refractivity contribution < 1.29 is 9.53 Å². The van der Waals surface area contributed by atoms with Gasteiger partial charge in [0.05, 0.1) is 43.5 Å². The highest BCUT2D eigenvalue weighted by atomic mass is 31.2. The van der Waals surface area contributed by atoms with Crippen molar-refractivity contribution in [1.29, 1.82) is 0 Å². The lowest BCUT2D eigenvalue weighted by atomic mass is 10.4. The van der Waals surface area contributed by atoms with Gasteiger partial charge in [-0.25, -0.2) is 0 Å². The first-order chi connectivity index (χ1) is 20.2. The fraction of sp³-hybridized carbons (Fsp3) is 0.139. The van der Waals surface area contributed by atoms with E-state index in [4.69, 9.17) is 4.74 Å². The second kappa shape index (κ2) is 14.7. The monoisotopic (exact) mass is 593 g/mol. The molecule has 0 bridgehead atoms. The molecule has 0 heterocycles. The van der Waals surface area contributed by atoms with Crippen LogP contribution in [0.3, 0.4) is 0 Å². The Kier molecular flexibility index (Phi) is 10.5. The Morgan fingerprint density at radius 3 is 1.39 bits per heavy atom. The zero-order valence-electron chi connectivity index (χ0n) is 23.4. The Morgan fingerprint density at radius 2 is 0.976 bits per heavy atom. The highest BCUT2D eigenvalue weighted by molar-refractivity contribution is 7.99. The molecule has 0 N–H and O–H groups in total. The fourth-order valence-corrected chi connectivity index (χ4v) is 19.5. The summed E-state index contributed by atoms with van der Waals surface area (Å²) >= 11 is 0. The van der Waals surface area contributed by atoms with Crippen LogP contribution in [0, 0.1) is 0 Å². The molecule has 5 rings (SSSR count). The molecule has 2 nitrogen and oxygen atoms in total. The summed E-state index contributed by atoms with van der Waals surface area (Å²) in [5, 5.41) is 6.98. The number of esters is 1. The van der Waals surface area contributed by atoms with Gasteiger partial charge in [0.15, 0.2) is 0 Å². The van der Waals surface area contributed by atoms with Gasteiger partial charge in [-0.15, -0.1) is 0 Å². The van der Waals surface area contributed by atoms with Gasteiger partial charge in [-0.2, -0.15) is 0 Å². The maximum atomic E-state index is 12.6. The van der Waals surface area contributed by atoms with Gasteiger partial charge in [-0.1, -0.05) is 127 Å². The molecule has 1 atom stereocenters. The van der Waals surface area contributed by atoms with Crippen LogP contribution in [0.15, 0.2) is 152 Å². The molecule has 0 aromatic heterocycles. The molecule has 5 aromatic carbocycles. The quantitative estimate of drug-likeness (QED) is 0.114. The van der Waals surface area contributed by atoms with E-state index in [9.17, 15) is 4.79 Å². The molecule has 206 valence electrons. The Bertz CT molecular complexity index is 1400. The van der Waals surface area contributed by atoms with Gasteiger partial charge in [0.2, 0.25) is 0 Å². The second-order valence-corrected chi connectivity index (χ2v) is 19.1. The van der Waals surface area contributed by atoms with Gasteiger partial charge in [-0.3, -0.25) is 4.79 Å². The number of carbonyl (C=O) groups is 1. The molecule has 0 amide bonds. The first-order valence-corrected chi connectivity index (χ1v) is 19.3. The lowest BCUT2D eigenvalue weighted by Crippen LogP contribution is -2.30.